The van der Waals surface area contributed by atoms with Crippen molar-refractivity contribution in [1.29, 1.82) is 0 Å². The number of nitrogens with zero attached hydrogens (tertiary/aromatic N) is 4. The Bertz CT molecular complexity index is 833. The Kier molecular flexibility index (Phi) is 4.27. The standard InChI is InChI=1S/C15H16F2N6S/c1-4-8(2)20-13(18-3)22-14-21-11-9-7-19-23-12(9)15(16,17)6-5-10(11)24-14/h4,7H,3,5-6H2,1-2H3,(H,19,23)(H,20,21,22)/b8-4-. The summed E-state index contributed by atoms with van der Waals surface area (Å²) >= 11 is 1.31. The van der Waals surface area contributed by atoms with Gasteiger partial charge in [-0.15, -0.1) is 11.3 Å². The number of halogens is 2. The highest BCUT2D eigenvalue weighted by Crippen LogP contribution is 2.44. The average molecular weight is 350 g/mol. The molecule has 2 aromatic heterocycles. The summed E-state index contributed by atoms with van der Waals surface area (Å²) < 4.78 is 28.2. The Morgan fingerprint density at radius 3 is 3.04 bits per heavy atom. The number of aromatic amines is 1. The Morgan fingerprint density at radius 1 is 1.54 bits per heavy atom. The van der Waals surface area contributed by atoms with E-state index in [4.69, 9.17) is 0 Å². The molecule has 0 atom stereocenters. The van der Waals surface area contributed by atoms with Gasteiger partial charge in [-0.3, -0.25) is 5.10 Å². The third-order valence-electron chi connectivity index (χ3n) is 3.69. The maximum atomic E-state index is 14.1. The van der Waals surface area contributed by atoms with Gasteiger partial charge in [0, 0.05) is 22.6 Å². The molecule has 126 valence electrons. The van der Waals surface area contributed by atoms with Gasteiger partial charge in [0.2, 0.25) is 5.96 Å². The predicted molar refractivity (Wildman–Crippen MR) is 91.9 cm³/mol. The van der Waals surface area contributed by atoms with Crippen molar-refractivity contribution in [1.82, 2.24) is 15.2 Å². The number of aryl methyl sites for hydroxylation is 1. The predicted octanol–water partition coefficient (Wildman–Crippen LogP) is 3.96. The van der Waals surface area contributed by atoms with Gasteiger partial charge < -0.3 is 5.32 Å². The smallest absolute Gasteiger partial charge is 0.290 e. The van der Waals surface area contributed by atoms with Crippen LogP contribution < -0.4 is 5.32 Å². The summed E-state index contributed by atoms with van der Waals surface area (Å²) in [5, 5.41) is 9.68. The summed E-state index contributed by atoms with van der Waals surface area (Å²) in [6.45, 7) is 7.18. The average Bonchev–Trinajstić information content (AvgIpc) is 3.17. The van der Waals surface area contributed by atoms with Gasteiger partial charge in [-0.25, -0.2) is 15.0 Å². The molecule has 1 aliphatic carbocycles. The van der Waals surface area contributed by atoms with Crippen LogP contribution in [0.15, 0.2) is 28.0 Å². The number of rotatable bonds is 2. The number of alkyl halides is 2. The number of anilines is 1. The summed E-state index contributed by atoms with van der Waals surface area (Å²) in [5.74, 6) is -2.62. The fourth-order valence-electron chi connectivity index (χ4n) is 2.36. The lowest BCUT2D eigenvalue weighted by atomic mass is 10.1. The molecule has 9 heteroatoms. The van der Waals surface area contributed by atoms with Crippen LogP contribution in [0.4, 0.5) is 13.9 Å². The molecule has 1 aliphatic rings. The normalized spacial score (nSPS) is 17.0. The van der Waals surface area contributed by atoms with Crippen LogP contribution in [-0.4, -0.2) is 27.9 Å². The van der Waals surface area contributed by atoms with E-state index in [1.807, 2.05) is 19.9 Å². The zero-order valence-electron chi connectivity index (χ0n) is 13.2. The molecule has 2 heterocycles. The number of aromatic nitrogens is 3. The van der Waals surface area contributed by atoms with Crippen molar-refractivity contribution in [2.75, 3.05) is 5.32 Å². The highest BCUT2D eigenvalue weighted by Gasteiger charge is 2.40. The first kappa shape index (κ1) is 16.4. The van der Waals surface area contributed by atoms with E-state index in [9.17, 15) is 8.78 Å². The monoisotopic (exact) mass is 350 g/mol. The maximum absolute atomic E-state index is 14.1. The molecule has 2 N–H and O–H groups in total. The number of fused-ring (bicyclic) bond motifs is 3. The van der Waals surface area contributed by atoms with E-state index >= 15 is 0 Å². The van der Waals surface area contributed by atoms with Gasteiger partial charge >= 0.3 is 0 Å². The zero-order chi connectivity index (χ0) is 17.3. The Morgan fingerprint density at radius 2 is 2.33 bits per heavy atom. The van der Waals surface area contributed by atoms with E-state index < -0.39 is 5.92 Å². The number of aliphatic imine (C=N–C) groups is 2. The lowest BCUT2D eigenvalue weighted by molar-refractivity contribution is -0.0159. The topological polar surface area (TPSA) is 78.3 Å². The lowest BCUT2D eigenvalue weighted by Crippen LogP contribution is -2.14. The largest absolute Gasteiger partial charge is 0.300 e. The summed E-state index contributed by atoms with van der Waals surface area (Å²) in [5.41, 5.74) is 1.46. The van der Waals surface area contributed by atoms with Crippen LogP contribution in [0.1, 0.15) is 30.8 Å². The second-order valence-corrected chi connectivity index (χ2v) is 6.39. The van der Waals surface area contributed by atoms with Crippen LogP contribution in [-0.2, 0) is 12.3 Å². The van der Waals surface area contributed by atoms with E-state index in [2.05, 4.69) is 37.2 Å². The maximum Gasteiger partial charge on any atom is 0.290 e. The SMILES string of the molecule is C=N/C(=N\C(C)=C/C)Nc1nc2c(s1)CCC(F)(F)c1[nH]ncc1-2. The molecule has 0 radical (unpaired) electrons. The summed E-state index contributed by atoms with van der Waals surface area (Å²) in [4.78, 5) is 13.3. The molecule has 0 unspecified atom stereocenters. The van der Waals surface area contributed by atoms with Crippen molar-refractivity contribution < 1.29 is 8.78 Å². The number of thiazole rings is 1. The van der Waals surface area contributed by atoms with Crippen LogP contribution in [0.2, 0.25) is 0 Å². The molecule has 2 aromatic rings. The van der Waals surface area contributed by atoms with Crippen LogP contribution in [0, 0.1) is 0 Å². The number of allylic oxidation sites excluding steroid dienone is 2. The summed E-state index contributed by atoms with van der Waals surface area (Å²) in [7, 11) is 0. The van der Waals surface area contributed by atoms with Crippen LogP contribution >= 0.6 is 11.3 Å². The number of guanidine groups is 1. The molecule has 0 spiro atoms. The van der Waals surface area contributed by atoms with Gasteiger partial charge in [0.15, 0.2) is 5.13 Å². The fourth-order valence-corrected chi connectivity index (χ4v) is 3.32. The number of hydrogen-bond donors (Lipinski definition) is 2. The number of hydrogen-bond acceptors (Lipinski definition) is 4. The molecule has 0 fully saturated rings. The van der Waals surface area contributed by atoms with Gasteiger partial charge in [-0.2, -0.15) is 13.9 Å². The van der Waals surface area contributed by atoms with E-state index in [-0.39, 0.29) is 18.5 Å². The molecule has 0 aliphatic heterocycles. The molecule has 0 aromatic carbocycles. The molecule has 0 saturated carbocycles. The van der Waals surface area contributed by atoms with E-state index in [1.165, 1.54) is 17.5 Å². The molecule has 0 bridgehead atoms. The molecule has 3 rings (SSSR count). The molecule has 0 amide bonds. The van der Waals surface area contributed by atoms with E-state index in [0.717, 1.165) is 10.6 Å². The van der Waals surface area contributed by atoms with E-state index in [0.29, 0.717) is 22.3 Å². The van der Waals surface area contributed by atoms with Gasteiger partial charge in [-0.1, -0.05) is 6.08 Å². The third kappa shape index (κ3) is 2.99. The molecule has 24 heavy (non-hydrogen) atoms. The van der Waals surface area contributed by atoms with Crippen LogP contribution in [0.5, 0.6) is 0 Å². The van der Waals surface area contributed by atoms with Crippen molar-refractivity contribution in [2.45, 2.75) is 32.6 Å². The fraction of sp³-hybridized carbons (Fsp3) is 0.333. The molecular formula is C15H16F2N6S. The Hall–Kier alpha value is -2.42. The van der Waals surface area contributed by atoms with Crippen molar-refractivity contribution in [3.8, 4) is 11.3 Å². The quantitative estimate of drug-likeness (QED) is 0.635. The summed E-state index contributed by atoms with van der Waals surface area (Å²) in [6, 6.07) is 0. The number of nitrogens with one attached hydrogen (secondary N) is 2. The summed E-state index contributed by atoms with van der Waals surface area (Å²) in [6.07, 6.45) is 3.19. The second kappa shape index (κ2) is 6.23. The highest BCUT2D eigenvalue weighted by atomic mass is 32.1. The van der Waals surface area contributed by atoms with E-state index in [1.54, 1.807) is 0 Å². The minimum Gasteiger partial charge on any atom is -0.300 e. The first-order valence-corrected chi connectivity index (χ1v) is 8.13. The van der Waals surface area contributed by atoms with Crippen molar-refractivity contribution in [2.24, 2.45) is 9.98 Å². The van der Waals surface area contributed by atoms with Crippen LogP contribution in [0.3, 0.4) is 0 Å². The Balaban J connectivity index is 1.97. The van der Waals surface area contributed by atoms with Crippen LogP contribution in [0.25, 0.3) is 11.3 Å². The number of H-pyrrole nitrogens is 1. The Labute approximate surface area is 141 Å². The van der Waals surface area contributed by atoms with Gasteiger partial charge in [0.05, 0.1) is 11.9 Å². The minimum atomic E-state index is -2.93. The van der Waals surface area contributed by atoms with Crippen molar-refractivity contribution in [3.05, 3.63) is 28.5 Å². The highest BCUT2D eigenvalue weighted by molar-refractivity contribution is 7.16. The molecule has 6 nitrogen and oxygen atoms in total. The lowest BCUT2D eigenvalue weighted by Gasteiger charge is -2.12. The second-order valence-electron chi connectivity index (χ2n) is 5.30. The van der Waals surface area contributed by atoms with Gasteiger partial charge in [0.1, 0.15) is 5.69 Å². The third-order valence-corrected chi connectivity index (χ3v) is 4.72. The van der Waals surface area contributed by atoms with Gasteiger partial charge in [-0.05, 0) is 27.0 Å². The van der Waals surface area contributed by atoms with Crippen molar-refractivity contribution >= 4 is 29.1 Å². The minimum absolute atomic E-state index is 0.182. The first-order valence-electron chi connectivity index (χ1n) is 7.31. The van der Waals surface area contributed by atoms with Gasteiger partial charge in [0.25, 0.3) is 5.92 Å². The van der Waals surface area contributed by atoms with Crippen molar-refractivity contribution in [3.63, 3.8) is 0 Å². The first-order chi connectivity index (χ1) is 11.4. The molecule has 0 saturated heterocycles. The molecular weight excluding hydrogens is 334 g/mol. The zero-order valence-corrected chi connectivity index (χ0v) is 14.0.